The van der Waals surface area contributed by atoms with E-state index in [2.05, 4.69) is 65.2 Å². The molecule has 1 atom stereocenters. The van der Waals surface area contributed by atoms with Crippen molar-refractivity contribution in [2.24, 2.45) is 0 Å². The number of carbonyl (C=O) groups excluding carboxylic acids is 1. The molecule has 1 aromatic carbocycles. The maximum atomic E-state index is 12.7. The Balaban J connectivity index is 1.51. The van der Waals surface area contributed by atoms with Gasteiger partial charge in [-0.1, -0.05) is 50.3 Å². The highest BCUT2D eigenvalue weighted by atomic mass is 32.1. The Labute approximate surface area is 194 Å². The molecule has 6 nitrogen and oxygen atoms in total. The predicted octanol–water partition coefficient (Wildman–Crippen LogP) is 4.65. The number of hydrogen-bond acceptors (Lipinski definition) is 6. The number of thiophene rings is 1. The van der Waals surface area contributed by atoms with Gasteiger partial charge in [0.25, 0.3) is 0 Å². The molecule has 1 aliphatic heterocycles. The smallest absolute Gasteiger partial charge is 0.246 e. The first-order valence-electron chi connectivity index (χ1n) is 11.3. The number of benzene rings is 1. The SMILES string of the molecule is CCN(CC)C/C=C/C(=O)N1CCc2c(sc3ncnc(N[C@H](C)c4ccccc4)c23)C1. The third kappa shape index (κ3) is 4.84. The summed E-state index contributed by atoms with van der Waals surface area (Å²) < 4.78 is 0. The van der Waals surface area contributed by atoms with Crippen molar-refractivity contribution >= 4 is 33.3 Å². The van der Waals surface area contributed by atoms with Crippen molar-refractivity contribution in [3.63, 3.8) is 0 Å². The molecule has 1 amide bonds. The Hall–Kier alpha value is -2.77. The maximum absolute atomic E-state index is 12.7. The normalized spacial score (nSPS) is 14.8. The first kappa shape index (κ1) is 22.4. The molecule has 0 saturated carbocycles. The van der Waals surface area contributed by atoms with Crippen LogP contribution in [0.5, 0.6) is 0 Å². The number of hydrogen-bond donors (Lipinski definition) is 1. The van der Waals surface area contributed by atoms with E-state index in [1.807, 2.05) is 17.0 Å². The van der Waals surface area contributed by atoms with E-state index in [0.29, 0.717) is 6.54 Å². The fourth-order valence-electron chi connectivity index (χ4n) is 4.15. The number of nitrogens with zero attached hydrogens (tertiary/aromatic N) is 4. The van der Waals surface area contributed by atoms with E-state index in [1.54, 1.807) is 23.7 Å². The standard InChI is InChI=1S/C25H31N5OS/c1-4-29(5-2)14-9-12-22(31)30-15-13-20-21(16-30)32-25-23(20)24(26-17-27-25)28-18(3)19-10-7-6-8-11-19/h6-12,17-18H,4-5,13-16H2,1-3H3,(H,26,27,28)/b12-9+/t18-/m1/s1. The van der Waals surface area contributed by atoms with Gasteiger partial charge in [-0.15, -0.1) is 11.3 Å². The number of aromatic nitrogens is 2. The van der Waals surface area contributed by atoms with Gasteiger partial charge < -0.3 is 15.1 Å². The molecule has 0 radical (unpaired) electrons. The zero-order chi connectivity index (χ0) is 22.5. The van der Waals surface area contributed by atoms with E-state index in [-0.39, 0.29) is 11.9 Å². The third-order valence-corrected chi connectivity index (χ3v) is 7.24. The minimum absolute atomic E-state index is 0.0856. The van der Waals surface area contributed by atoms with Crippen LogP contribution in [-0.2, 0) is 17.8 Å². The van der Waals surface area contributed by atoms with Crippen molar-refractivity contribution in [3.8, 4) is 0 Å². The number of carbonyl (C=O) groups is 1. The second kappa shape index (κ2) is 10.2. The van der Waals surface area contributed by atoms with Crippen LogP contribution in [0.2, 0.25) is 0 Å². The minimum atomic E-state index is 0.0856. The topological polar surface area (TPSA) is 61.4 Å². The maximum Gasteiger partial charge on any atom is 0.246 e. The van der Waals surface area contributed by atoms with Crippen LogP contribution in [0.15, 0.2) is 48.8 Å². The molecule has 3 heterocycles. The van der Waals surface area contributed by atoms with E-state index in [1.165, 1.54) is 16.0 Å². The molecule has 2 aromatic heterocycles. The summed E-state index contributed by atoms with van der Waals surface area (Å²) in [6.45, 7) is 10.6. The lowest BCUT2D eigenvalue weighted by atomic mass is 10.0. The molecule has 0 unspecified atom stereocenters. The van der Waals surface area contributed by atoms with Crippen molar-refractivity contribution in [1.29, 1.82) is 0 Å². The quantitative estimate of drug-likeness (QED) is 0.508. The predicted molar refractivity (Wildman–Crippen MR) is 132 cm³/mol. The number of fused-ring (bicyclic) bond motifs is 3. The van der Waals surface area contributed by atoms with Crippen LogP contribution in [-0.4, -0.2) is 51.9 Å². The second-order valence-electron chi connectivity index (χ2n) is 8.08. The Morgan fingerprint density at radius 3 is 2.78 bits per heavy atom. The molecular formula is C25H31N5OS. The van der Waals surface area contributed by atoms with Crippen LogP contribution in [0.4, 0.5) is 5.82 Å². The Morgan fingerprint density at radius 2 is 2.03 bits per heavy atom. The Bertz CT molecular complexity index is 1090. The molecule has 3 aromatic rings. The van der Waals surface area contributed by atoms with Crippen LogP contribution >= 0.6 is 11.3 Å². The molecule has 1 aliphatic rings. The van der Waals surface area contributed by atoms with Gasteiger partial charge in [-0.05, 0) is 37.6 Å². The van der Waals surface area contributed by atoms with E-state index >= 15 is 0 Å². The van der Waals surface area contributed by atoms with Gasteiger partial charge in [0, 0.05) is 30.1 Å². The van der Waals surface area contributed by atoms with Crippen molar-refractivity contribution < 1.29 is 4.79 Å². The third-order valence-electron chi connectivity index (χ3n) is 6.12. The van der Waals surface area contributed by atoms with Crippen molar-refractivity contribution in [2.75, 3.05) is 31.5 Å². The number of anilines is 1. The lowest BCUT2D eigenvalue weighted by Gasteiger charge is -2.26. The fraction of sp³-hybridized carbons (Fsp3) is 0.400. The first-order valence-corrected chi connectivity index (χ1v) is 12.2. The molecule has 7 heteroatoms. The van der Waals surface area contributed by atoms with Gasteiger partial charge in [0.2, 0.25) is 5.91 Å². The molecule has 32 heavy (non-hydrogen) atoms. The molecule has 0 aliphatic carbocycles. The van der Waals surface area contributed by atoms with E-state index < -0.39 is 0 Å². The molecule has 168 valence electrons. The van der Waals surface area contributed by atoms with Gasteiger partial charge in [-0.25, -0.2) is 9.97 Å². The summed E-state index contributed by atoms with van der Waals surface area (Å²) in [7, 11) is 0. The summed E-state index contributed by atoms with van der Waals surface area (Å²) in [5.41, 5.74) is 2.50. The lowest BCUT2D eigenvalue weighted by molar-refractivity contribution is -0.126. The fourth-order valence-corrected chi connectivity index (χ4v) is 5.35. The molecule has 4 rings (SSSR count). The van der Waals surface area contributed by atoms with E-state index in [9.17, 15) is 4.79 Å². The lowest BCUT2D eigenvalue weighted by Crippen LogP contribution is -2.34. The summed E-state index contributed by atoms with van der Waals surface area (Å²) in [6.07, 6.45) is 6.16. The van der Waals surface area contributed by atoms with Crippen LogP contribution in [0.3, 0.4) is 0 Å². The van der Waals surface area contributed by atoms with Crippen molar-refractivity contribution in [2.45, 2.75) is 39.8 Å². The summed E-state index contributed by atoms with van der Waals surface area (Å²) >= 11 is 1.68. The molecule has 1 N–H and O–H groups in total. The Morgan fingerprint density at radius 1 is 1.25 bits per heavy atom. The van der Waals surface area contributed by atoms with Crippen LogP contribution < -0.4 is 5.32 Å². The summed E-state index contributed by atoms with van der Waals surface area (Å²) in [6, 6.07) is 10.5. The van der Waals surface area contributed by atoms with Crippen LogP contribution in [0.25, 0.3) is 10.2 Å². The van der Waals surface area contributed by atoms with Crippen molar-refractivity contribution in [3.05, 3.63) is 64.8 Å². The van der Waals surface area contributed by atoms with Gasteiger partial charge >= 0.3 is 0 Å². The van der Waals surface area contributed by atoms with Gasteiger partial charge in [0.1, 0.15) is 17.0 Å². The first-order chi connectivity index (χ1) is 15.6. The summed E-state index contributed by atoms with van der Waals surface area (Å²) in [5, 5.41) is 4.69. The number of rotatable bonds is 8. The highest BCUT2D eigenvalue weighted by Crippen LogP contribution is 2.38. The van der Waals surface area contributed by atoms with Crippen LogP contribution in [0, 0.1) is 0 Å². The summed E-state index contributed by atoms with van der Waals surface area (Å²) in [5.74, 6) is 0.963. The zero-order valence-electron chi connectivity index (χ0n) is 19.0. The average molecular weight is 450 g/mol. The summed E-state index contributed by atoms with van der Waals surface area (Å²) in [4.78, 5) is 28.3. The molecular weight excluding hydrogens is 418 g/mol. The van der Waals surface area contributed by atoms with Crippen LogP contribution in [0.1, 0.15) is 42.8 Å². The van der Waals surface area contributed by atoms with Gasteiger partial charge in [-0.2, -0.15) is 0 Å². The highest BCUT2D eigenvalue weighted by molar-refractivity contribution is 7.19. The average Bonchev–Trinajstić information content (AvgIpc) is 3.21. The van der Waals surface area contributed by atoms with E-state index in [0.717, 1.165) is 48.6 Å². The Kier molecular flexibility index (Phi) is 7.17. The zero-order valence-corrected chi connectivity index (χ0v) is 19.9. The van der Waals surface area contributed by atoms with E-state index in [4.69, 9.17) is 0 Å². The molecule has 0 spiro atoms. The molecule has 0 fully saturated rings. The highest BCUT2D eigenvalue weighted by Gasteiger charge is 2.25. The second-order valence-corrected chi connectivity index (χ2v) is 9.16. The monoisotopic (exact) mass is 449 g/mol. The van der Waals surface area contributed by atoms with Gasteiger partial charge in [-0.3, -0.25) is 4.79 Å². The van der Waals surface area contributed by atoms with Crippen molar-refractivity contribution in [1.82, 2.24) is 19.8 Å². The minimum Gasteiger partial charge on any atom is -0.363 e. The number of nitrogens with one attached hydrogen (secondary N) is 1. The molecule has 0 bridgehead atoms. The number of amides is 1. The van der Waals surface area contributed by atoms with Gasteiger partial charge in [0.05, 0.1) is 11.9 Å². The largest absolute Gasteiger partial charge is 0.363 e. The molecule has 0 saturated heterocycles. The van der Waals surface area contributed by atoms with Gasteiger partial charge in [0.15, 0.2) is 0 Å². The number of likely N-dealkylation sites (N-methyl/N-ethyl adjacent to an activating group) is 1.